The van der Waals surface area contributed by atoms with Gasteiger partial charge in [0.2, 0.25) is 11.8 Å². The number of ether oxygens (including phenoxy) is 1. The smallest absolute Gasteiger partial charge is 0.236 e. The van der Waals surface area contributed by atoms with Crippen molar-refractivity contribution in [1.82, 2.24) is 4.90 Å². The highest BCUT2D eigenvalue weighted by molar-refractivity contribution is 6.14. The average molecular weight is 443 g/mol. The molecule has 6 nitrogen and oxygen atoms in total. The van der Waals surface area contributed by atoms with Crippen molar-refractivity contribution in [1.29, 1.82) is 0 Å². The van der Waals surface area contributed by atoms with Gasteiger partial charge >= 0.3 is 0 Å². The predicted molar refractivity (Wildman–Crippen MR) is 126 cm³/mol. The van der Waals surface area contributed by atoms with Crippen molar-refractivity contribution in [2.24, 2.45) is 11.8 Å². The van der Waals surface area contributed by atoms with Crippen molar-refractivity contribution in [2.45, 2.75) is 25.9 Å². The molecule has 6 heteroatoms. The first-order valence-electron chi connectivity index (χ1n) is 11.1. The van der Waals surface area contributed by atoms with Crippen LogP contribution in [0.25, 0.3) is 5.57 Å². The van der Waals surface area contributed by atoms with Crippen molar-refractivity contribution in [3.8, 4) is 5.75 Å². The van der Waals surface area contributed by atoms with Gasteiger partial charge in [-0.05, 0) is 43.7 Å². The molecule has 4 atom stereocenters. The fraction of sp³-hybridized carbons (Fsp3) is 0.296. The SMILES string of the molecule is C=CCN1C(=O)[C@@H]2[C@H](C1=O)[C@H](C(=O)c1cccc(OC)c1)N1c3ccc(C)cc3C(C)=C[C@@H]21. The van der Waals surface area contributed by atoms with Gasteiger partial charge in [-0.1, -0.05) is 35.9 Å². The van der Waals surface area contributed by atoms with E-state index in [2.05, 4.69) is 12.6 Å². The number of Topliss-reactive ketones (excluding diaryl/α,β-unsaturated/α-hetero) is 1. The maximum Gasteiger partial charge on any atom is 0.236 e. The summed E-state index contributed by atoms with van der Waals surface area (Å²) in [6.07, 6.45) is 3.59. The molecule has 3 aliphatic rings. The number of hydrogen-bond acceptors (Lipinski definition) is 5. The monoisotopic (exact) mass is 442 g/mol. The number of carbonyl (C=O) groups is 3. The largest absolute Gasteiger partial charge is 0.497 e. The number of likely N-dealkylation sites (tertiary alicyclic amines) is 1. The third kappa shape index (κ3) is 3.04. The van der Waals surface area contributed by atoms with Gasteiger partial charge in [-0.15, -0.1) is 6.58 Å². The van der Waals surface area contributed by atoms with E-state index in [-0.39, 0.29) is 30.2 Å². The number of hydrogen-bond donors (Lipinski definition) is 0. The molecule has 33 heavy (non-hydrogen) atoms. The lowest BCUT2D eigenvalue weighted by Crippen LogP contribution is -2.49. The van der Waals surface area contributed by atoms with Crippen LogP contribution in [0.3, 0.4) is 0 Å². The second kappa shape index (κ2) is 7.73. The summed E-state index contributed by atoms with van der Waals surface area (Å²) in [6.45, 7) is 7.88. The highest BCUT2D eigenvalue weighted by Crippen LogP contribution is 2.50. The molecular formula is C27H26N2O4. The summed E-state index contributed by atoms with van der Waals surface area (Å²) in [4.78, 5) is 44.1. The van der Waals surface area contributed by atoms with E-state index in [4.69, 9.17) is 4.74 Å². The van der Waals surface area contributed by atoms with Crippen LogP contribution in [0.5, 0.6) is 5.75 Å². The van der Waals surface area contributed by atoms with Crippen LogP contribution in [0, 0.1) is 18.8 Å². The minimum absolute atomic E-state index is 0.149. The molecule has 0 N–H and O–H groups in total. The lowest BCUT2D eigenvalue weighted by Gasteiger charge is -2.38. The van der Waals surface area contributed by atoms with Crippen molar-refractivity contribution < 1.29 is 19.1 Å². The third-order valence-corrected chi connectivity index (χ3v) is 7.03. The zero-order valence-electron chi connectivity index (χ0n) is 18.9. The van der Waals surface area contributed by atoms with Crippen LogP contribution in [0.15, 0.2) is 61.2 Å². The first-order chi connectivity index (χ1) is 15.9. The second-order valence-corrected chi connectivity index (χ2v) is 8.94. The molecule has 0 spiro atoms. The highest BCUT2D eigenvalue weighted by atomic mass is 16.5. The van der Waals surface area contributed by atoms with E-state index < -0.39 is 17.9 Å². The standard InChI is InChI=1S/C27H26N2O4/c1-5-11-28-26(31)22-21-13-16(3)19-12-15(2)9-10-20(19)29(21)24(23(22)27(28)32)25(30)17-7-6-8-18(14-17)33-4/h5-10,12-14,21-24H,1,11H2,2-4H3/t21-,22-,23-,24+/m0/s1. The fourth-order valence-electron chi connectivity index (χ4n) is 5.57. The Bertz CT molecular complexity index is 1230. The van der Waals surface area contributed by atoms with Gasteiger partial charge in [-0.2, -0.15) is 0 Å². The van der Waals surface area contributed by atoms with E-state index in [0.717, 1.165) is 22.4 Å². The Kier molecular flexibility index (Phi) is 4.96. The summed E-state index contributed by atoms with van der Waals surface area (Å²) in [5.74, 6) is -1.52. The van der Waals surface area contributed by atoms with Gasteiger partial charge in [-0.25, -0.2) is 0 Å². The number of allylic oxidation sites excluding steroid dienone is 1. The van der Waals surface area contributed by atoms with Crippen molar-refractivity contribution in [2.75, 3.05) is 18.6 Å². The van der Waals surface area contributed by atoms with E-state index in [0.29, 0.717) is 11.3 Å². The van der Waals surface area contributed by atoms with Gasteiger partial charge in [0.1, 0.15) is 11.8 Å². The number of amides is 2. The number of fused-ring (bicyclic) bond motifs is 5. The Morgan fingerprint density at radius 2 is 1.85 bits per heavy atom. The van der Waals surface area contributed by atoms with Crippen LogP contribution in [-0.2, 0) is 9.59 Å². The molecule has 0 radical (unpaired) electrons. The van der Waals surface area contributed by atoms with Gasteiger partial charge < -0.3 is 9.64 Å². The van der Waals surface area contributed by atoms with Crippen LogP contribution >= 0.6 is 0 Å². The van der Waals surface area contributed by atoms with Crippen molar-refractivity contribution >= 4 is 28.9 Å². The molecule has 0 aliphatic carbocycles. The molecule has 0 aromatic heterocycles. The number of methoxy groups -OCH3 is 1. The summed E-state index contributed by atoms with van der Waals surface area (Å²) in [6, 6.07) is 11.9. The van der Waals surface area contributed by atoms with Crippen molar-refractivity contribution in [3.05, 3.63) is 77.9 Å². The normalized spacial score (nSPS) is 25.4. The Morgan fingerprint density at radius 3 is 2.58 bits per heavy atom. The molecule has 2 saturated heterocycles. The van der Waals surface area contributed by atoms with Gasteiger partial charge in [0, 0.05) is 23.4 Å². The number of imide groups is 1. The predicted octanol–water partition coefficient (Wildman–Crippen LogP) is 3.65. The molecule has 2 amide bonds. The van der Waals surface area contributed by atoms with E-state index in [1.54, 1.807) is 37.5 Å². The second-order valence-electron chi connectivity index (χ2n) is 8.94. The quantitative estimate of drug-likeness (QED) is 0.402. The van der Waals surface area contributed by atoms with E-state index in [1.165, 1.54) is 4.90 Å². The lowest BCUT2D eigenvalue weighted by atomic mass is 9.85. The first-order valence-corrected chi connectivity index (χ1v) is 11.1. The number of anilines is 1. The Balaban J connectivity index is 1.69. The van der Waals surface area contributed by atoms with Gasteiger partial charge in [0.25, 0.3) is 0 Å². The summed E-state index contributed by atoms with van der Waals surface area (Å²) >= 11 is 0. The first kappa shape index (κ1) is 21.2. The topological polar surface area (TPSA) is 66.9 Å². The molecule has 0 saturated carbocycles. The molecule has 5 rings (SSSR count). The average Bonchev–Trinajstić information content (AvgIpc) is 3.27. The van der Waals surface area contributed by atoms with Crippen LogP contribution < -0.4 is 9.64 Å². The summed E-state index contributed by atoms with van der Waals surface area (Å²) in [5, 5.41) is 0. The third-order valence-electron chi connectivity index (χ3n) is 7.03. The van der Waals surface area contributed by atoms with E-state index in [9.17, 15) is 14.4 Å². The van der Waals surface area contributed by atoms with Crippen LogP contribution in [0.1, 0.15) is 28.4 Å². The van der Waals surface area contributed by atoms with Gasteiger partial charge in [0.15, 0.2) is 5.78 Å². The minimum atomic E-state index is -0.788. The molecule has 2 aromatic carbocycles. The molecule has 0 unspecified atom stereocenters. The summed E-state index contributed by atoms with van der Waals surface area (Å²) in [5.41, 5.74) is 4.53. The van der Waals surface area contributed by atoms with Crippen molar-refractivity contribution in [3.63, 3.8) is 0 Å². The highest BCUT2D eigenvalue weighted by Gasteiger charge is 2.64. The number of carbonyl (C=O) groups excluding carboxylic acids is 3. The molecule has 3 aliphatic heterocycles. The number of nitrogens with zero attached hydrogens (tertiary/aromatic N) is 2. The Labute approximate surface area is 193 Å². The van der Waals surface area contributed by atoms with Gasteiger partial charge in [-0.3, -0.25) is 19.3 Å². The summed E-state index contributed by atoms with van der Waals surface area (Å²) in [7, 11) is 1.55. The molecule has 168 valence electrons. The Hall–Kier alpha value is -3.67. The maximum absolute atomic E-state index is 14.0. The van der Waals surface area contributed by atoms with Crippen LogP contribution in [0.2, 0.25) is 0 Å². The summed E-state index contributed by atoms with van der Waals surface area (Å²) < 4.78 is 5.32. The number of benzene rings is 2. The fourth-order valence-corrected chi connectivity index (χ4v) is 5.57. The zero-order valence-corrected chi connectivity index (χ0v) is 18.9. The Morgan fingerprint density at radius 1 is 1.09 bits per heavy atom. The number of ketones is 1. The minimum Gasteiger partial charge on any atom is -0.497 e. The van der Waals surface area contributed by atoms with Gasteiger partial charge in [0.05, 0.1) is 25.0 Å². The maximum atomic E-state index is 14.0. The van der Waals surface area contributed by atoms with E-state index >= 15 is 0 Å². The van der Waals surface area contributed by atoms with E-state index in [1.807, 2.05) is 37.0 Å². The van der Waals surface area contributed by atoms with Crippen LogP contribution in [0.4, 0.5) is 5.69 Å². The lowest BCUT2D eigenvalue weighted by molar-refractivity contribution is -0.139. The molecule has 2 fully saturated rings. The number of aryl methyl sites for hydroxylation is 1. The molecular weight excluding hydrogens is 416 g/mol. The molecule has 2 aromatic rings. The molecule has 0 bridgehead atoms. The molecule has 3 heterocycles. The number of rotatable bonds is 5. The van der Waals surface area contributed by atoms with Crippen LogP contribution in [-0.4, -0.2) is 48.2 Å². The zero-order chi connectivity index (χ0) is 23.4.